The summed E-state index contributed by atoms with van der Waals surface area (Å²) in [6.07, 6.45) is 10.3. The second-order valence-corrected chi connectivity index (χ2v) is 4.71. The van der Waals surface area contributed by atoms with Crippen LogP contribution in [-0.2, 0) is 0 Å². The molecule has 94 valence electrons. The van der Waals surface area contributed by atoms with Crippen LogP contribution in [0.3, 0.4) is 0 Å². The largest absolute Gasteiger partial charge is 0.371 e. The highest BCUT2D eigenvalue weighted by molar-refractivity contribution is 5.44. The van der Waals surface area contributed by atoms with Gasteiger partial charge in [-0.05, 0) is 50.9 Å². The third kappa shape index (κ3) is 4.35. The fourth-order valence-corrected chi connectivity index (χ4v) is 2.33. The molecule has 0 bridgehead atoms. The molecule has 0 aliphatic carbocycles. The van der Waals surface area contributed by atoms with Gasteiger partial charge < -0.3 is 10.2 Å². The molecule has 0 unspecified atom stereocenters. The van der Waals surface area contributed by atoms with E-state index in [1.165, 1.54) is 64.0 Å². The Kier molecular flexibility index (Phi) is 5.30. The minimum atomic E-state index is 1.17. The maximum absolute atomic E-state index is 4.09. The smallest absolute Gasteiger partial charge is 0.0397 e. The topological polar surface area (TPSA) is 28.2 Å². The normalized spacial score (nSPS) is 19.6. The zero-order valence-electron chi connectivity index (χ0n) is 10.6. The first-order valence-electron chi connectivity index (χ1n) is 6.82. The Morgan fingerprint density at radius 3 is 2.29 bits per heavy atom. The Labute approximate surface area is 104 Å². The summed E-state index contributed by atoms with van der Waals surface area (Å²) in [6.45, 7) is 4.72. The average Bonchev–Trinajstić information content (AvgIpc) is 2.45. The van der Waals surface area contributed by atoms with E-state index in [4.69, 9.17) is 0 Å². The Morgan fingerprint density at radius 2 is 1.53 bits per heavy atom. The van der Waals surface area contributed by atoms with Gasteiger partial charge in [0.1, 0.15) is 0 Å². The lowest BCUT2D eigenvalue weighted by atomic mass is 10.2. The fourth-order valence-electron chi connectivity index (χ4n) is 2.33. The van der Waals surface area contributed by atoms with Crippen molar-refractivity contribution in [1.82, 2.24) is 10.3 Å². The number of aromatic nitrogens is 1. The van der Waals surface area contributed by atoms with E-state index in [0.29, 0.717) is 0 Å². The summed E-state index contributed by atoms with van der Waals surface area (Å²) >= 11 is 0. The molecular formula is C14H23N3. The van der Waals surface area contributed by atoms with Crippen molar-refractivity contribution in [1.29, 1.82) is 0 Å². The summed E-state index contributed by atoms with van der Waals surface area (Å²) in [6, 6.07) is 4.25. The van der Waals surface area contributed by atoms with Crippen LogP contribution in [0.1, 0.15) is 32.1 Å². The van der Waals surface area contributed by atoms with Crippen molar-refractivity contribution in [3.63, 3.8) is 0 Å². The van der Waals surface area contributed by atoms with Crippen LogP contribution in [0.25, 0.3) is 0 Å². The number of hydrogen-bond donors (Lipinski definition) is 1. The van der Waals surface area contributed by atoms with Crippen LogP contribution in [0.5, 0.6) is 0 Å². The van der Waals surface area contributed by atoms with Crippen LogP contribution in [0, 0.1) is 0 Å². The first-order valence-corrected chi connectivity index (χ1v) is 6.82. The van der Waals surface area contributed by atoms with E-state index in [1.807, 2.05) is 12.4 Å². The third-order valence-electron chi connectivity index (χ3n) is 3.34. The van der Waals surface area contributed by atoms with E-state index in [2.05, 4.69) is 27.3 Å². The van der Waals surface area contributed by atoms with Crippen molar-refractivity contribution >= 4 is 5.69 Å². The van der Waals surface area contributed by atoms with Gasteiger partial charge in [-0.25, -0.2) is 0 Å². The molecule has 0 saturated carbocycles. The SMILES string of the molecule is c1cc(N2CCCCCNCCCC2)ccn1. The summed E-state index contributed by atoms with van der Waals surface area (Å²) < 4.78 is 0. The molecule has 2 rings (SSSR count). The molecule has 1 saturated heterocycles. The second-order valence-electron chi connectivity index (χ2n) is 4.71. The number of pyridine rings is 1. The molecule has 1 aliphatic heterocycles. The van der Waals surface area contributed by atoms with Crippen LogP contribution in [-0.4, -0.2) is 31.2 Å². The molecule has 1 N–H and O–H groups in total. The van der Waals surface area contributed by atoms with Gasteiger partial charge in [-0.1, -0.05) is 6.42 Å². The Hall–Kier alpha value is -1.09. The van der Waals surface area contributed by atoms with E-state index in [0.717, 1.165) is 0 Å². The zero-order chi connectivity index (χ0) is 11.8. The Morgan fingerprint density at radius 1 is 0.882 bits per heavy atom. The van der Waals surface area contributed by atoms with Crippen molar-refractivity contribution in [2.75, 3.05) is 31.1 Å². The number of nitrogens with one attached hydrogen (secondary N) is 1. The molecule has 1 aromatic rings. The lowest BCUT2D eigenvalue weighted by Crippen LogP contribution is -2.25. The first-order chi connectivity index (χ1) is 8.47. The van der Waals surface area contributed by atoms with E-state index < -0.39 is 0 Å². The van der Waals surface area contributed by atoms with Crippen LogP contribution < -0.4 is 10.2 Å². The van der Waals surface area contributed by atoms with E-state index >= 15 is 0 Å². The lowest BCUT2D eigenvalue weighted by Gasteiger charge is -2.24. The van der Waals surface area contributed by atoms with Gasteiger partial charge in [-0.3, -0.25) is 4.98 Å². The number of hydrogen-bond acceptors (Lipinski definition) is 3. The van der Waals surface area contributed by atoms with Crippen LogP contribution in [0.2, 0.25) is 0 Å². The van der Waals surface area contributed by atoms with E-state index in [1.54, 1.807) is 0 Å². The zero-order valence-corrected chi connectivity index (χ0v) is 10.6. The predicted octanol–water partition coefficient (Wildman–Crippen LogP) is 2.44. The van der Waals surface area contributed by atoms with Crippen LogP contribution in [0.15, 0.2) is 24.5 Å². The number of nitrogens with zero attached hydrogens (tertiary/aromatic N) is 2. The predicted molar refractivity (Wildman–Crippen MR) is 72.4 cm³/mol. The Bertz CT molecular complexity index is 288. The molecule has 1 aliphatic rings. The average molecular weight is 233 g/mol. The van der Waals surface area contributed by atoms with Gasteiger partial charge >= 0.3 is 0 Å². The van der Waals surface area contributed by atoms with Gasteiger partial charge in [0.05, 0.1) is 0 Å². The van der Waals surface area contributed by atoms with Crippen molar-refractivity contribution in [3.8, 4) is 0 Å². The fraction of sp³-hybridized carbons (Fsp3) is 0.643. The van der Waals surface area contributed by atoms with Gasteiger partial charge in [0.15, 0.2) is 0 Å². The molecule has 1 aromatic heterocycles. The molecule has 1 fully saturated rings. The minimum absolute atomic E-state index is 1.17. The molecular weight excluding hydrogens is 210 g/mol. The second kappa shape index (κ2) is 7.28. The summed E-state index contributed by atoms with van der Waals surface area (Å²) in [5.74, 6) is 0. The highest BCUT2D eigenvalue weighted by Gasteiger charge is 2.06. The standard InChI is InChI=1S/C14H23N3/c1-2-8-15-9-3-5-13-17(12-4-1)14-6-10-16-11-7-14/h6-7,10-11,15H,1-5,8-9,12-13H2. The van der Waals surface area contributed by atoms with E-state index in [-0.39, 0.29) is 0 Å². The molecule has 3 nitrogen and oxygen atoms in total. The van der Waals surface area contributed by atoms with Crippen LogP contribution in [0.4, 0.5) is 5.69 Å². The first kappa shape index (κ1) is 12.4. The lowest BCUT2D eigenvalue weighted by molar-refractivity contribution is 0.601. The number of anilines is 1. The third-order valence-corrected chi connectivity index (χ3v) is 3.34. The number of rotatable bonds is 1. The minimum Gasteiger partial charge on any atom is -0.371 e. The summed E-state index contributed by atoms with van der Waals surface area (Å²) in [7, 11) is 0. The highest BCUT2D eigenvalue weighted by Crippen LogP contribution is 2.14. The summed E-state index contributed by atoms with van der Waals surface area (Å²) in [4.78, 5) is 6.60. The summed E-state index contributed by atoms with van der Waals surface area (Å²) in [5.41, 5.74) is 1.33. The molecule has 0 atom stereocenters. The van der Waals surface area contributed by atoms with Gasteiger partial charge in [-0.2, -0.15) is 0 Å². The van der Waals surface area contributed by atoms with Crippen molar-refractivity contribution in [2.45, 2.75) is 32.1 Å². The monoisotopic (exact) mass is 233 g/mol. The molecule has 17 heavy (non-hydrogen) atoms. The molecule has 0 spiro atoms. The molecule has 0 radical (unpaired) electrons. The molecule has 3 heteroatoms. The van der Waals surface area contributed by atoms with Crippen molar-refractivity contribution in [3.05, 3.63) is 24.5 Å². The van der Waals surface area contributed by atoms with Gasteiger partial charge in [0, 0.05) is 31.2 Å². The molecule has 2 heterocycles. The molecule has 0 aromatic carbocycles. The maximum atomic E-state index is 4.09. The summed E-state index contributed by atoms with van der Waals surface area (Å²) in [5, 5.41) is 3.51. The van der Waals surface area contributed by atoms with Crippen molar-refractivity contribution < 1.29 is 0 Å². The Balaban J connectivity index is 1.93. The van der Waals surface area contributed by atoms with Crippen LogP contribution >= 0.6 is 0 Å². The van der Waals surface area contributed by atoms with Gasteiger partial charge in [0.2, 0.25) is 0 Å². The van der Waals surface area contributed by atoms with Gasteiger partial charge in [0.25, 0.3) is 0 Å². The highest BCUT2D eigenvalue weighted by atomic mass is 15.1. The molecule has 0 amide bonds. The maximum Gasteiger partial charge on any atom is 0.0397 e. The van der Waals surface area contributed by atoms with Gasteiger partial charge in [-0.15, -0.1) is 0 Å². The quantitative estimate of drug-likeness (QED) is 0.807. The van der Waals surface area contributed by atoms with E-state index in [9.17, 15) is 0 Å². The van der Waals surface area contributed by atoms with Crippen molar-refractivity contribution in [2.24, 2.45) is 0 Å².